The molecule has 1 heterocycles. The number of hydrogen-bond donors (Lipinski definition) is 1. The third-order valence-corrected chi connectivity index (χ3v) is 5.84. The molecule has 2 aromatic carbocycles. The second-order valence-corrected chi connectivity index (χ2v) is 8.19. The Labute approximate surface area is 182 Å². The van der Waals surface area contributed by atoms with E-state index in [1.165, 1.54) is 17.3 Å². The highest BCUT2D eigenvalue weighted by Gasteiger charge is 2.17. The summed E-state index contributed by atoms with van der Waals surface area (Å²) in [5, 5.41) is 12.5. The number of rotatable bonds is 8. The van der Waals surface area contributed by atoms with Gasteiger partial charge >= 0.3 is 0 Å². The molecule has 0 radical (unpaired) electrons. The summed E-state index contributed by atoms with van der Waals surface area (Å²) < 4.78 is 7.48. The number of hydrogen-bond acceptors (Lipinski definition) is 5. The van der Waals surface area contributed by atoms with Crippen molar-refractivity contribution >= 4 is 17.7 Å². The van der Waals surface area contributed by atoms with E-state index in [1.807, 2.05) is 48.7 Å². The standard InChI is InChI=1S/C23H28N4O2S/c1-6-27-22(18-9-7-8-15(2)12-18)25-26-23(27)30-14-21(28)24-17(4)19-13-16(3)10-11-20(19)29-5/h7-13,17H,6,14H2,1-5H3,(H,24,28). The van der Waals surface area contributed by atoms with Crippen LogP contribution in [0, 0.1) is 13.8 Å². The average molecular weight is 425 g/mol. The normalized spacial score (nSPS) is 11.9. The molecule has 0 saturated heterocycles. The fourth-order valence-corrected chi connectivity index (χ4v) is 4.17. The first-order valence-electron chi connectivity index (χ1n) is 9.99. The van der Waals surface area contributed by atoms with Crippen LogP contribution in [0.3, 0.4) is 0 Å². The Kier molecular flexibility index (Phi) is 7.15. The number of nitrogens with zero attached hydrogens (tertiary/aromatic N) is 3. The lowest BCUT2D eigenvalue weighted by Crippen LogP contribution is -2.28. The molecule has 3 rings (SSSR count). The minimum absolute atomic E-state index is 0.0567. The molecular formula is C23H28N4O2S. The lowest BCUT2D eigenvalue weighted by atomic mass is 10.0. The van der Waals surface area contributed by atoms with Gasteiger partial charge in [-0.15, -0.1) is 10.2 Å². The van der Waals surface area contributed by atoms with Gasteiger partial charge in [-0.25, -0.2) is 0 Å². The van der Waals surface area contributed by atoms with Crippen molar-refractivity contribution in [3.8, 4) is 17.1 Å². The van der Waals surface area contributed by atoms with Gasteiger partial charge in [0.1, 0.15) is 5.75 Å². The largest absolute Gasteiger partial charge is 0.496 e. The Bertz CT molecular complexity index is 1030. The zero-order valence-corrected chi connectivity index (χ0v) is 18.9. The number of nitrogens with one attached hydrogen (secondary N) is 1. The van der Waals surface area contributed by atoms with Crippen LogP contribution in [0.25, 0.3) is 11.4 Å². The van der Waals surface area contributed by atoms with Crippen molar-refractivity contribution in [1.29, 1.82) is 0 Å². The molecule has 0 fully saturated rings. The van der Waals surface area contributed by atoms with Gasteiger partial charge in [-0.1, -0.05) is 53.2 Å². The molecule has 0 aliphatic rings. The fourth-order valence-electron chi connectivity index (χ4n) is 3.36. The van der Waals surface area contributed by atoms with Gasteiger partial charge in [-0.2, -0.15) is 0 Å². The summed E-state index contributed by atoms with van der Waals surface area (Å²) in [6, 6.07) is 14.0. The van der Waals surface area contributed by atoms with E-state index < -0.39 is 0 Å². The first kappa shape index (κ1) is 21.9. The zero-order chi connectivity index (χ0) is 21.7. The Morgan fingerprint density at radius 2 is 1.93 bits per heavy atom. The molecule has 3 aromatic rings. The molecule has 0 bridgehead atoms. The molecule has 1 aromatic heterocycles. The molecule has 30 heavy (non-hydrogen) atoms. The number of aromatic nitrogens is 3. The van der Waals surface area contributed by atoms with Crippen molar-refractivity contribution in [2.45, 2.75) is 45.4 Å². The summed E-state index contributed by atoms with van der Waals surface area (Å²) in [6.45, 7) is 8.83. The third-order valence-electron chi connectivity index (χ3n) is 4.87. The van der Waals surface area contributed by atoms with E-state index in [-0.39, 0.29) is 17.7 Å². The second-order valence-electron chi connectivity index (χ2n) is 7.24. The summed E-state index contributed by atoms with van der Waals surface area (Å²) in [5.74, 6) is 1.81. The SMILES string of the molecule is CCn1c(SCC(=O)NC(C)c2cc(C)ccc2OC)nnc1-c1cccc(C)c1. The van der Waals surface area contributed by atoms with Crippen molar-refractivity contribution < 1.29 is 9.53 Å². The molecule has 7 heteroatoms. The summed E-state index contributed by atoms with van der Waals surface area (Å²) >= 11 is 1.40. The van der Waals surface area contributed by atoms with Gasteiger partial charge in [0.05, 0.1) is 18.9 Å². The van der Waals surface area contributed by atoms with E-state index >= 15 is 0 Å². The minimum Gasteiger partial charge on any atom is -0.496 e. The average Bonchev–Trinajstić information content (AvgIpc) is 3.15. The van der Waals surface area contributed by atoms with E-state index in [0.717, 1.165) is 40.0 Å². The van der Waals surface area contributed by atoms with Crippen LogP contribution < -0.4 is 10.1 Å². The van der Waals surface area contributed by atoms with Crippen LogP contribution in [0.2, 0.25) is 0 Å². The number of carbonyl (C=O) groups is 1. The van der Waals surface area contributed by atoms with Gasteiger partial charge in [0, 0.05) is 17.7 Å². The maximum Gasteiger partial charge on any atom is 0.230 e. The van der Waals surface area contributed by atoms with Gasteiger partial charge in [0.25, 0.3) is 0 Å². The van der Waals surface area contributed by atoms with E-state index in [9.17, 15) is 4.79 Å². The monoisotopic (exact) mass is 424 g/mol. The molecular weight excluding hydrogens is 396 g/mol. The number of thioether (sulfide) groups is 1. The molecule has 1 N–H and O–H groups in total. The van der Waals surface area contributed by atoms with Gasteiger partial charge in [-0.3, -0.25) is 4.79 Å². The predicted molar refractivity (Wildman–Crippen MR) is 121 cm³/mol. The molecule has 0 aliphatic heterocycles. The molecule has 0 saturated carbocycles. The predicted octanol–water partition coefficient (Wildman–Crippen LogP) is 4.56. The van der Waals surface area contributed by atoms with Crippen LogP contribution in [0.5, 0.6) is 5.75 Å². The lowest BCUT2D eigenvalue weighted by molar-refractivity contribution is -0.119. The van der Waals surface area contributed by atoms with Gasteiger partial charge in [0.15, 0.2) is 11.0 Å². The second kappa shape index (κ2) is 9.80. The van der Waals surface area contributed by atoms with Gasteiger partial charge in [-0.05, 0) is 39.8 Å². The highest BCUT2D eigenvalue weighted by Crippen LogP contribution is 2.27. The molecule has 1 atom stereocenters. The van der Waals surface area contributed by atoms with Crippen molar-refractivity contribution in [3.05, 3.63) is 59.2 Å². The number of amides is 1. The van der Waals surface area contributed by atoms with E-state index in [2.05, 4.69) is 41.5 Å². The number of ether oxygens (including phenoxy) is 1. The highest BCUT2D eigenvalue weighted by molar-refractivity contribution is 7.99. The Hall–Kier alpha value is -2.80. The fraction of sp³-hybridized carbons (Fsp3) is 0.348. The zero-order valence-electron chi connectivity index (χ0n) is 18.1. The summed E-state index contributed by atoms with van der Waals surface area (Å²) in [7, 11) is 1.64. The van der Waals surface area contributed by atoms with Gasteiger partial charge < -0.3 is 14.6 Å². The van der Waals surface area contributed by atoms with Crippen LogP contribution in [-0.4, -0.2) is 33.5 Å². The summed E-state index contributed by atoms with van der Waals surface area (Å²) in [4.78, 5) is 12.6. The maximum atomic E-state index is 12.6. The lowest BCUT2D eigenvalue weighted by Gasteiger charge is -2.18. The van der Waals surface area contributed by atoms with E-state index in [0.29, 0.717) is 0 Å². The van der Waals surface area contributed by atoms with Crippen LogP contribution in [0.4, 0.5) is 0 Å². The summed E-state index contributed by atoms with van der Waals surface area (Å²) in [6.07, 6.45) is 0. The highest BCUT2D eigenvalue weighted by atomic mass is 32.2. The van der Waals surface area contributed by atoms with Crippen molar-refractivity contribution in [2.75, 3.05) is 12.9 Å². The summed E-state index contributed by atoms with van der Waals surface area (Å²) in [5.41, 5.74) is 4.29. The number of aryl methyl sites for hydroxylation is 2. The third kappa shape index (κ3) is 5.02. The van der Waals surface area contributed by atoms with Crippen molar-refractivity contribution in [2.24, 2.45) is 0 Å². The quantitative estimate of drug-likeness (QED) is 0.537. The van der Waals surface area contributed by atoms with Crippen LogP contribution in [0.1, 0.15) is 36.6 Å². The molecule has 1 amide bonds. The minimum atomic E-state index is -0.153. The van der Waals surface area contributed by atoms with E-state index in [1.54, 1.807) is 7.11 Å². The van der Waals surface area contributed by atoms with E-state index in [4.69, 9.17) is 4.74 Å². The number of methoxy groups -OCH3 is 1. The van der Waals surface area contributed by atoms with Crippen molar-refractivity contribution in [1.82, 2.24) is 20.1 Å². The molecule has 1 unspecified atom stereocenters. The molecule has 158 valence electrons. The molecule has 0 spiro atoms. The molecule has 6 nitrogen and oxygen atoms in total. The Morgan fingerprint density at radius 1 is 1.17 bits per heavy atom. The van der Waals surface area contributed by atoms with Crippen molar-refractivity contribution in [3.63, 3.8) is 0 Å². The number of carbonyl (C=O) groups excluding carboxylic acids is 1. The molecule has 0 aliphatic carbocycles. The number of benzene rings is 2. The smallest absolute Gasteiger partial charge is 0.230 e. The Balaban J connectivity index is 1.67. The first-order chi connectivity index (χ1) is 14.4. The Morgan fingerprint density at radius 3 is 2.63 bits per heavy atom. The van der Waals surface area contributed by atoms with Crippen LogP contribution >= 0.6 is 11.8 Å². The van der Waals surface area contributed by atoms with Gasteiger partial charge in [0.2, 0.25) is 5.91 Å². The topological polar surface area (TPSA) is 69.0 Å². The van der Waals surface area contributed by atoms with Crippen LogP contribution in [-0.2, 0) is 11.3 Å². The maximum absolute atomic E-state index is 12.6. The van der Waals surface area contributed by atoms with Crippen LogP contribution in [0.15, 0.2) is 47.6 Å². The first-order valence-corrected chi connectivity index (χ1v) is 11.0.